The zero-order valence-electron chi connectivity index (χ0n) is 14.3. The van der Waals surface area contributed by atoms with Crippen LogP contribution in [-0.2, 0) is 12.8 Å². The van der Waals surface area contributed by atoms with Crippen LogP contribution in [0.4, 0.5) is 0 Å². The molecule has 1 aromatic carbocycles. The molecule has 3 rings (SSSR count). The third-order valence-electron chi connectivity index (χ3n) is 4.44. The van der Waals surface area contributed by atoms with E-state index in [1.165, 1.54) is 16.9 Å². The first-order valence-electron chi connectivity index (χ1n) is 8.71. The van der Waals surface area contributed by atoms with Gasteiger partial charge in [0.05, 0.1) is 10.6 Å². The molecule has 1 aliphatic rings. The quantitative estimate of drug-likeness (QED) is 0.616. The summed E-state index contributed by atoms with van der Waals surface area (Å²) in [5.74, 6) is 0.627. The third kappa shape index (κ3) is 3.93. The minimum atomic E-state index is -0.0911. The Morgan fingerprint density at radius 3 is 2.88 bits per heavy atom. The first kappa shape index (κ1) is 16.9. The molecule has 4 heteroatoms. The highest BCUT2D eigenvalue weighted by atomic mass is 32.1. The Balaban J connectivity index is 1.74. The van der Waals surface area contributed by atoms with Crippen LogP contribution in [0.15, 0.2) is 41.5 Å². The molecule has 0 aliphatic heterocycles. The lowest BCUT2D eigenvalue weighted by atomic mass is 9.90. The van der Waals surface area contributed by atoms with Crippen molar-refractivity contribution in [1.29, 1.82) is 0 Å². The molecule has 24 heavy (non-hydrogen) atoms. The van der Waals surface area contributed by atoms with E-state index in [-0.39, 0.29) is 5.91 Å². The van der Waals surface area contributed by atoms with Crippen LogP contribution in [0.5, 0.6) is 0 Å². The molecule has 2 aromatic rings. The number of nitrogens with zero attached hydrogens (tertiary/aromatic N) is 1. The first-order valence-corrected chi connectivity index (χ1v) is 9.53. The molecule has 3 nitrogen and oxygen atoms in total. The van der Waals surface area contributed by atoms with Gasteiger partial charge in [-0.15, -0.1) is 11.3 Å². The van der Waals surface area contributed by atoms with Crippen LogP contribution in [0.2, 0.25) is 0 Å². The Morgan fingerprint density at radius 2 is 2.12 bits per heavy atom. The number of amides is 1. The number of benzene rings is 1. The van der Waals surface area contributed by atoms with E-state index in [1.807, 2.05) is 30.3 Å². The predicted octanol–water partition coefficient (Wildman–Crippen LogP) is 4.81. The van der Waals surface area contributed by atoms with Gasteiger partial charge in [-0.1, -0.05) is 50.6 Å². The molecular weight excluding hydrogens is 316 g/mol. The number of carbonyl (C=O) groups is 1. The number of nitrogens with one attached hydrogen (secondary N) is 1. The fourth-order valence-electron chi connectivity index (χ4n) is 3.12. The van der Waals surface area contributed by atoms with Gasteiger partial charge < -0.3 is 0 Å². The second-order valence-electron chi connectivity index (χ2n) is 6.52. The minimum absolute atomic E-state index is 0.0911. The van der Waals surface area contributed by atoms with E-state index in [0.717, 1.165) is 47.8 Å². The number of aryl methyl sites for hydroxylation is 1. The van der Waals surface area contributed by atoms with E-state index < -0.39 is 0 Å². The number of thiophene rings is 1. The molecule has 1 amide bonds. The highest BCUT2D eigenvalue weighted by Crippen LogP contribution is 2.32. The topological polar surface area (TPSA) is 41.5 Å². The van der Waals surface area contributed by atoms with Crippen LogP contribution in [-0.4, -0.2) is 11.6 Å². The summed E-state index contributed by atoms with van der Waals surface area (Å²) in [6, 6.07) is 12.1. The predicted molar refractivity (Wildman–Crippen MR) is 101 cm³/mol. The molecule has 0 bridgehead atoms. The monoisotopic (exact) mass is 340 g/mol. The number of hydrogen-bond donors (Lipinski definition) is 1. The van der Waals surface area contributed by atoms with Crippen molar-refractivity contribution in [1.82, 2.24) is 5.43 Å². The van der Waals surface area contributed by atoms with Gasteiger partial charge in [0, 0.05) is 4.88 Å². The summed E-state index contributed by atoms with van der Waals surface area (Å²) in [6.07, 6.45) is 5.26. The average molecular weight is 340 g/mol. The highest BCUT2D eigenvalue weighted by molar-refractivity contribution is 7.14. The Bertz CT molecular complexity index is 733. The Kier molecular flexibility index (Phi) is 5.46. The number of rotatable bonds is 5. The van der Waals surface area contributed by atoms with Crippen molar-refractivity contribution in [3.05, 3.63) is 57.3 Å². The van der Waals surface area contributed by atoms with Crippen molar-refractivity contribution >= 4 is 23.0 Å². The summed E-state index contributed by atoms with van der Waals surface area (Å²) in [4.78, 5) is 14.6. The maximum Gasteiger partial charge on any atom is 0.281 e. The summed E-state index contributed by atoms with van der Waals surface area (Å²) in [5.41, 5.74) is 6.11. The standard InChI is InChI=1S/C20H24N2OS/c1-3-7-17(15-8-5-4-6-9-15)21-22-20(23)19-13-16-12-14(2)10-11-18(16)24-19/h4-6,8-9,13-14H,3,7,10-12H2,1-2H3,(H,22,23)/b21-17-/t14-/m1/s1. The molecule has 1 atom stereocenters. The minimum Gasteiger partial charge on any atom is -0.266 e. The number of fused-ring (bicyclic) bond motifs is 1. The summed E-state index contributed by atoms with van der Waals surface area (Å²) in [7, 11) is 0. The molecule has 0 spiro atoms. The van der Waals surface area contributed by atoms with Gasteiger partial charge in [0.15, 0.2) is 0 Å². The van der Waals surface area contributed by atoms with Gasteiger partial charge in [0.1, 0.15) is 0 Å². The van der Waals surface area contributed by atoms with Gasteiger partial charge in [0.2, 0.25) is 0 Å². The first-order chi connectivity index (χ1) is 11.7. The molecule has 0 saturated heterocycles. The Morgan fingerprint density at radius 1 is 1.33 bits per heavy atom. The number of hydrazone groups is 1. The zero-order valence-corrected chi connectivity index (χ0v) is 15.2. The van der Waals surface area contributed by atoms with Crippen molar-refractivity contribution in [2.75, 3.05) is 0 Å². The van der Waals surface area contributed by atoms with E-state index in [1.54, 1.807) is 11.3 Å². The summed E-state index contributed by atoms with van der Waals surface area (Å²) >= 11 is 1.63. The van der Waals surface area contributed by atoms with Crippen molar-refractivity contribution in [3.8, 4) is 0 Å². The third-order valence-corrected chi connectivity index (χ3v) is 5.68. The molecule has 1 N–H and O–H groups in total. The summed E-state index contributed by atoms with van der Waals surface area (Å²) in [6.45, 7) is 4.40. The van der Waals surface area contributed by atoms with E-state index in [0.29, 0.717) is 0 Å². The van der Waals surface area contributed by atoms with Crippen LogP contribution < -0.4 is 5.43 Å². The highest BCUT2D eigenvalue weighted by Gasteiger charge is 2.20. The molecule has 1 aromatic heterocycles. The maximum atomic E-state index is 12.5. The lowest BCUT2D eigenvalue weighted by molar-refractivity contribution is 0.0958. The SMILES string of the molecule is CCC/C(=N/NC(=O)c1cc2c(s1)CC[C@@H](C)C2)c1ccccc1. The lowest BCUT2D eigenvalue weighted by Gasteiger charge is -2.16. The average Bonchev–Trinajstić information content (AvgIpc) is 3.02. The van der Waals surface area contributed by atoms with Gasteiger partial charge in [-0.05, 0) is 48.8 Å². The van der Waals surface area contributed by atoms with E-state index >= 15 is 0 Å². The molecular formula is C20H24N2OS. The van der Waals surface area contributed by atoms with E-state index in [9.17, 15) is 4.79 Å². The zero-order chi connectivity index (χ0) is 16.9. The lowest BCUT2D eigenvalue weighted by Crippen LogP contribution is -2.19. The number of hydrogen-bond acceptors (Lipinski definition) is 3. The molecule has 1 heterocycles. The van der Waals surface area contributed by atoms with Gasteiger partial charge in [-0.2, -0.15) is 5.10 Å². The van der Waals surface area contributed by atoms with Crippen LogP contribution in [0.1, 0.15) is 58.8 Å². The van der Waals surface area contributed by atoms with Crippen LogP contribution in [0.3, 0.4) is 0 Å². The smallest absolute Gasteiger partial charge is 0.266 e. The Hall–Kier alpha value is -1.94. The van der Waals surface area contributed by atoms with E-state index in [2.05, 4.69) is 30.4 Å². The number of carbonyl (C=O) groups excluding carboxylic acids is 1. The molecule has 126 valence electrons. The fourth-order valence-corrected chi connectivity index (χ4v) is 4.22. The van der Waals surface area contributed by atoms with Crippen LogP contribution in [0.25, 0.3) is 0 Å². The largest absolute Gasteiger partial charge is 0.281 e. The molecule has 1 aliphatic carbocycles. The van der Waals surface area contributed by atoms with Crippen molar-refractivity contribution in [2.45, 2.75) is 46.0 Å². The van der Waals surface area contributed by atoms with Gasteiger partial charge in [0.25, 0.3) is 5.91 Å². The normalized spacial score (nSPS) is 17.4. The van der Waals surface area contributed by atoms with E-state index in [4.69, 9.17) is 0 Å². The van der Waals surface area contributed by atoms with Crippen LogP contribution >= 0.6 is 11.3 Å². The fraction of sp³-hybridized carbons (Fsp3) is 0.400. The molecule has 0 fully saturated rings. The summed E-state index contributed by atoms with van der Waals surface area (Å²) < 4.78 is 0. The van der Waals surface area contributed by atoms with Crippen molar-refractivity contribution in [2.24, 2.45) is 11.0 Å². The van der Waals surface area contributed by atoms with Crippen molar-refractivity contribution < 1.29 is 4.79 Å². The van der Waals surface area contributed by atoms with Gasteiger partial charge in [-0.3, -0.25) is 4.79 Å². The molecule has 0 saturated carbocycles. The second kappa shape index (κ2) is 7.75. The molecule has 0 radical (unpaired) electrons. The Labute approximate surface area is 147 Å². The van der Waals surface area contributed by atoms with Crippen molar-refractivity contribution in [3.63, 3.8) is 0 Å². The summed E-state index contributed by atoms with van der Waals surface area (Å²) in [5, 5.41) is 4.40. The maximum absolute atomic E-state index is 12.5. The van der Waals surface area contributed by atoms with Gasteiger partial charge in [-0.25, -0.2) is 5.43 Å². The van der Waals surface area contributed by atoms with Gasteiger partial charge >= 0.3 is 0 Å². The van der Waals surface area contributed by atoms with Crippen LogP contribution in [0, 0.1) is 5.92 Å². The molecule has 0 unspecified atom stereocenters. The second-order valence-corrected chi connectivity index (χ2v) is 7.66.